The lowest BCUT2D eigenvalue weighted by molar-refractivity contribution is 0.486. The van der Waals surface area contributed by atoms with Crippen LogP contribution in [0.4, 0.5) is 0 Å². The lowest BCUT2D eigenvalue weighted by Crippen LogP contribution is -2.21. The molecular weight excluding hydrogens is 235 g/mol. The van der Waals surface area contributed by atoms with Gasteiger partial charge in [-0.3, -0.25) is 0 Å². The summed E-state index contributed by atoms with van der Waals surface area (Å²) in [5.74, 6) is 0. The standard InChI is InChI=1S/C17H27P/c1-3-9-15(10-4-1)18(17-13-7-8-14-17)16-11-5-2-6-12-16/h7-8,13,15-16H,1-6,9-12,14H2. The van der Waals surface area contributed by atoms with Crippen LogP contribution >= 0.6 is 7.92 Å². The molecule has 0 amide bonds. The summed E-state index contributed by atoms with van der Waals surface area (Å²) in [4.78, 5) is 0. The first kappa shape index (κ1) is 12.9. The zero-order chi connectivity index (χ0) is 12.2. The average Bonchev–Trinajstić information content (AvgIpc) is 2.95. The minimum absolute atomic E-state index is 0.200. The van der Waals surface area contributed by atoms with E-state index in [1.165, 1.54) is 44.9 Å². The van der Waals surface area contributed by atoms with Gasteiger partial charge in [0.15, 0.2) is 0 Å². The predicted molar refractivity (Wildman–Crippen MR) is 82.5 cm³/mol. The van der Waals surface area contributed by atoms with Crippen molar-refractivity contribution >= 4 is 7.92 Å². The molecular formula is C17H27P. The Morgan fingerprint density at radius 2 is 1.33 bits per heavy atom. The summed E-state index contributed by atoms with van der Waals surface area (Å²) >= 11 is 0. The van der Waals surface area contributed by atoms with Gasteiger partial charge in [0.25, 0.3) is 0 Å². The summed E-state index contributed by atoms with van der Waals surface area (Å²) in [5, 5.41) is 1.85. The van der Waals surface area contributed by atoms with Gasteiger partial charge in [-0.15, -0.1) is 0 Å². The molecule has 1 heteroatoms. The van der Waals surface area contributed by atoms with E-state index in [1.807, 2.05) is 5.31 Å². The Labute approximate surface area is 114 Å². The van der Waals surface area contributed by atoms with Crippen LogP contribution in [-0.4, -0.2) is 11.3 Å². The van der Waals surface area contributed by atoms with E-state index in [0.717, 1.165) is 11.3 Å². The molecule has 3 aliphatic rings. The summed E-state index contributed by atoms with van der Waals surface area (Å²) in [6, 6.07) is 0. The number of rotatable bonds is 3. The Bertz CT molecular complexity index is 299. The minimum atomic E-state index is 0.200. The quantitative estimate of drug-likeness (QED) is 0.549. The van der Waals surface area contributed by atoms with Crippen LogP contribution in [-0.2, 0) is 0 Å². The van der Waals surface area contributed by atoms with Gasteiger partial charge < -0.3 is 0 Å². The Hall–Kier alpha value is -0.0900. The average molecular weight is 262 g/mol. The van der Waals surface area contributed by atoms with Crippen molar-refractivity contribution in [3.05, 3.63) is 23.5 Å². The van der Waals surface area contributed by atoms with Gasteiger partial charge in [-0.1, -0.05) is 64.7 Å². The highest BCUT2D eigenvalue weighted by atomic mass is 31.1. The fourth-order valence-corrected chi connectivity index (χ4v) is 8.06. The third kappa shape index (κ3) is 2.90. The molecule has 3 aliphatic carbocycles. The van der Waals surface area contributed by atoms with Crippen LogP contribution in [0.25, 0.3) is 0 Å². The fourth-order valence-electron chi connectivity index (χ4n) is 4.11. The van der Waals surface area contributed by atoms with Crippen molar-refractivity contribution in [3.63, 3.8) is 0 Å². The largest absolute Gasteiger partial charge is 0.0801 e. The molecule has 0 aromatic rings. The zero-order valence-corrected chi connectivity index (χ0v) is 12.5. The maximum absolute atomic E-state index is 2.48. The van der Waals surface area contributed by atoms with Gasteiger partial charge in [-0.05, 0) is 48.7 Å². The predicted octanol–water partition coefficient (Wildman–Crippen LogP) is 5.98. The van der Waals surface area contributed by atoms with Crippen molar-refractivity contribution in [2.75, 3.05) is 0 Å². The van der Waals surface area contributed by atoms with E-state index in [0.29, 0.717) is 0 Å². The van der Waals surface area contributed by atoms with Crippen molar-refractivity contribution in [3.8, 4) is 0 Å². The topological polar surface area (TPSA) is 0 Å². The summed E-state index contributed by atoms with van der Waals surface area (Å²) in [6.07, 6.45) is 23.7. The van der Waals surface area contributed by atoms with E-state index in [9.17, 15) is 0 Å². The molecule has 0 aromatic carbocycles. The molecule has 2 fully saturated rings. The molecule has 0 radical (unpaired) electrons. The van der Waals surface area contributed by atoms with Gasteiger partial charge in [-0.2, -0.15) is 0 Å². The molecule has 0 nitrogen and oxygen atoms in total. The summed E-state index contributed by atoms with van der Waals surface area (Å²) in [7, 11) is 0.200. The molecule has 0 aromatic heterocycles. The SMILES string of the molecule is C1=CCC(P(C2CCCCC2)C2CCCCC2)=C1. The lowest BCUT2D eigenvalue weighted by atomic mass is 9.99. The van der Waals surface area contributed by atoms with Crippen LogP contribution in [0.5, 0.6) is 0 Å². The molecule has 0 saturated heterocycles. The number of hydrogen-bond donors (Lipinski definition) is 0. The van der Waals surface area contributed by atoms with Crippen LogP contribution in [0.1, 0.15) is 70.6 Å². The second kappa shape index (κ2) is 6.38. The lowest BCUT2D eigenvalue weighted by Gasteiger charge is -2.39. The van der Waals surface area contributed by atoms with E-state index in [4.69, 9.17) is 0 Å². The van der Waals surface area contributed by atoms with E-state index in [1.54, 1.807) is 25.7 Å². The first-order chi connectivity index (χ1) is 8.95. The van der Waals surface area contributed by atoms with E-state index in [-0.39, 0.29) is 7.92 Å². The maximum atomic E-state index is 2.48. The molecule has 0 aliphatic heterocycles. The second-order valence-electron chi connectivity index (χ2n) is 6.28. The highest BCUT2D eigenvalue weighted by Crippen LogP contribution is 2.62. The highest BCUT2D eigenvalue weighted by Gasteiger charge is 2.33. The number of allylic oxidation sites excluding steroid dienone is 4. The molecule has 0 bridgehead atoms. The molecule has 2 saturated carbocycles. The molecule has 0 unspecified atom stereocenters. The molecule has 0 heterocycles. The van der Waals surface area contributed by atoms with Crippen molar-refractivity contribution in [2.24, 2.45) is 0 Å². The summed E-state index contributed by atoms with van der Waals surface area (Å²) < 4.78 is 0. The van der Waals surface area contributed by atoms with Crippen LogP contribution in [0.2, 0.25) is 0 Å². The molecule has 0 N–H and O–H groups in total. The van der Waals surface area contributed by atoms with Crippen molar-refractivity contribution < 1.29 is 0 Å². The van der Waals surface area contributed by atoms with Gasteiger partial charge in [0.2, 0.25) is 0 Å². The van der Waals surface area contributed by atoms with Gasteiger partial charge in [0, 0.05) is 0 Å². The van der Waals surface area contributed by atoms with Gasteiger partial charge in [0.05, 0.1) is 0 Å². The van der Waals surface area contributed by atoms with E-state index >= 15 is 0 Å². The first-order valence-corrected chi connectivity index (χ1v) is 9.57. The van der Waals surface area contributed by atoms with Crippen LogP contribution in [0, 0.1) is 0 Å². The normalized spacial score (nSPS) is 26.8. The second-order valence-corrected chi connectivity index (χ2v) is 9.13. The van der Waals surface area contributed by atoms with Crippen molar-refractivity contribution in [1.29, 1.82) is 0 Å². The Kier molecular flexibility index (Phi) is 4.58. The van der Waals surface area contributed by atoms with Crippen LogP contribution in [0.15, 0.2) is 23.5 Å². The third-order valence-corrected chi connectivity index (χ3v) is 8.62. The van der Waals surface area contributed by atoms with Gasteiger partial charge in [0.1, 0.15) is 0 Å². The van der Waals surface area contributed by atoms with Crippen molar-refractivity contribution in [2.45, 2.75) is 81.9 Å². The van der Waals surface area contributed by atoms with E-state index < -0.39 is 0 Å². The number of hydrogen-bond acceptors (Lipinski definition) is 0. The maximum Gasteiger partial charge on any atom is -0.00897 e. The van der Waals surface area contributed by atoms with Crippen LogP contribution < -0.4 is 0 Å². The zero-order valence-electron chi connectivity index (χ0n) is 11.6. The molecule has 0 spiro atoms. The first-order valence-electron chi connectivity index (χ1n) is 8.09. The highest BCUT2D eigenvalue weighted by molar-refractivity contribution is 7.63. The summed E-state index contributed by atoms with van der Waals surface area (Å²) in [6.45, 7) is 0. The molecule has 0 atom stereocenters. The van der Waals surface area contributed by atoms with Gasteiger partial charge >= 0.3 is 0 Å². The third-order valence-electron chi connectivity index (χ3n) is 5.02. The molecule has 18 heavy (non-hydrogen) atoms. The van der Waals surface area contributed by atoms with Crippen LogP contribution in [0.3, 0.4) is 0 Å². The Morgan fingerprint density at radius 3 is 1.78 bits per heavy atom. The minimum Gasteiger partial charge on any atom is -0.0801 e. The van der Waals surface area contributed by atoms with Gasteiger partial charge in [-0.25, -0.2) is 0 Å². The fraction of sp³-hybridized carbons (Fsp3) is 0.765. The molecule has 3 rings (SSSR count). The molecule has 100 valence electrons. The summed E-state index contributed by atoms with van der Waals surface area (Å²) in [5.41, 5.74) is 2.17. The van der Waals surface area contributed by atoms with E-state index in [2.05, 4.69) is 18.2 Å². The Balaban J connectivity index is 1.73. The monoisotopic (exact) mass is 262 g/mol. The Morgan fingerprint density at radius 1 is 0.778 bits per heavy atom. The van der Waals surface area contributed by atoms with Crippen molar-refractivity contribution in [1.82, 2.24) is 0 Å². The smallest absolute Gasteiger partial charge is 0.00897 e.